The van der Waals surface area contributed by atoms with Gasteiger partial charge >= 0.3 is 0 Å². The van der Waals surface area contributed by atoms with E-state index in [1.807, 2.05) is 30.3 Å². The molecule has 1 aliphatic rings. The average molecular weight is 431 g/mol. The minimum absolute atomic E-state index is 0.424. The number of hydrogen-bond acceptors (Lipinski definition) is 8. The predicted octanol–water partition coefficient (Wildman–Crippen LogP) is 1.13. The highest BCUT2D eigenvalue weighted by molar-refractivity contribution is 7.83. The molecule has 1 fully saturated rings. The van der Waals surface area contributed by atoms with E-state index in [0.717, 1.165) is 31.7 Å². The molecule has 1 unspecified atom stereocenters. The summed E-state index contributed by atoms with van der Waals surface area (Å²) in [6, 6.07) is 9.89. The van der Waals surface area contributed by atoms with Gasteiger partial charge in [-0.2, -0.15) is 9.97 Å². The van der Waals surface area contributed by atoms with Crippen molar-refractivity contribution in [3.05, 3.63) is 41.5 Å². The maximum atomic E-state index is 12.3. The number of aromatic nitrogens is 2. The lowest BCUT2D eigenvalue weighted by atomic mass is 10.2. The lowest BCUT2D eigenvalue weighted by molar-refractivity contribution is 0.311. The van der Waals surface area contributed by atoms with Crippen LogP contribution in [0.5, 0.6) is 0 Å². The topological polar surface area (TPSA) is 109 Å². The minimum Gasteiger partial charge on any atom is -0.372 e. The normalized spacial score (nSPS) is 15.6. The van der Waals surface area contributed by atoms with Crippen molar-refractivity contribution in [3.8, 4) is 0 Å². The van der Waals surface area contributed by atoms with Crippen LogP contribution in [-0.4, -0.2) is 77.9 Å². The van der Waals surface area contributed by atoms with Crippen LogP contribution in [0.3, 0.4) is 0 Å². The first-order valence-electron chi connectivity index (χ1n) is 10.0. The van der Waals surface area contributed by atoms with E-state index in [2.05, 4.69) is 42.2 Å². The third-order valence-corrected chi connectivity index (χ3v) is 6.00. The van der Waals surface area contributed by atoms with Gasteiger partial charge in [-0.3, -0.25) is 0 Å². The molecule has 30 heavy (non-hydrogen) atoms. The Hall–Kier alpha value is -2.56. The Morgan fingerprint density at radius 1 is 1.13 bits per heavy atom. The number of rotatable bonds is 10. The van der Waals surface area contributed by atoms with Crippen molar-refractivity contribution >= 4 is 34.8 Å². The summed E-state index contributed by atoms with van der Waals surface area (Å²) < 4.78 is 15.3. The predicted molar refractivity (Wildman–Crippen MR) is 124 cm³/mol. The van der Waals surface area contributed by atoms with Gasteiger partial charge in [0.05, 0.1) is 22.3 Å². The fraction of sp³-hybridized carbons (Fsp3) is 0.450. The van der Waals surface area contributed by atoms with Crippen LogP contribution >= 0.6 is 0 Å². The molecule has 2 heterocycles. The number of hydrogen-bond donors (Lipinski definition) is 4. The van der Waals surface area contributed by atoms with Gasteiger partial charge in [0.2, 0.25) is 5.95 Å². The third kappa shape index (κ3) is 5.97. The minimum atomic E-state index is -1.17. The lowest BCUT2D eigenvalue weighted by Gasteiger charge is -2.32. The summed E-state index contributed by atoms with van der Waals surface area (Å²) >= 11 is 0. The fourth-order valence-electron chi connectivity index (χ4n) is 3.16. The molecule has 2 aromatic rings. The van der Waals surface area contributed by atoms with E-state index in [-0.39, 0.29) is 0 Å². The number of nitrogens with zero attached hydrogens (tertiary/aromatic N) is 4. The molecule has 0 spiro atoms. The Morgan fingerprint density at radius 3 is 2.50 bits per heavy atom. The molecule has 0 bridgehead atoms. The Morgan fingerprint density at radius 2 is 1.83 bits per heavy atom. The zero-order valence-electron chi connectivity index (χ0n) is 17.5. The number of piperazine rings is 1. The Bertz CT molecular complexity index is 855. The molecular weight excluding hydrogens is 400 g/mol. The van der Waals surface area contributed by atoms with Crippen LogP contribution in [0, 0.1) is 5.41 Å². The van der Waals surface area contributed by atoms with Gasteiger partial charge in [0.15, 0.2) is 0 Å². The molecule has 0 radical (unpaired) electrons. The van der Waals surface area contributed by atoms with Gasteiger partial charge in [-0.15, -0.1) is 0 Å². The first kappa shape index (κ1) is 22.1. The zero-order valence-corrected chi connectivity index (χ0v) is 18.3. The zero-order chi connectivity index (χ0) is 21.3. The number of benzene rings is 1. The summed E-state index contributed by atoms with van der Waals surface area (Å²) in [7, 11) is 2.72. The van der Waals surface area contributed by atoms with E-state index < -0.39 is 11.0 Å². The van der Waals surface area contributed by atoms with Gasteiger partial charge in [-0.1, -0.05) is 30.3 Å². The Balaban J connectivity index is 1.61. The largest absolute Gasteiger partial charge is 0.372 e. The maximum absolute atomic E-state index is 12.3. The van der Waals surface area contributed by atoms with Crippen molar-refractivity contribution in [2.45, 2.75) is 6.54 Å². The van der Waals surface area contributed by atoms with E-state index >= 15 is 0 Å². The smallest absolute Gasteiger partial charge is 0.229 e. The molecule has 1 aromatic carbocycles. The molecule has 1 atom stereocenters. The van der Waals surface area contributed by atoms with Gasteiger partial charge in [0.1, 0.15) is 11.6 Å². The molecular formula is C20H30N8OS. The second-order valence-corrected chi connectivity index (χ2v) is 8.49. The van der Waals surface area contributed by atoms with Crippen molar-refractivity contribution in [3.63, 3.8) is 0 Å². The van der Waals surface area contributed by atoms with Crippen molar-refractivity contribution in [2.24, 2.45) is 0 Å². The summed E-state index contributed by atoms with van der Waals surface area (Å²) in [5.74, 6) is 2.26. The highest BCUT2D eigenvalue weighted by Gasteiger charge is 2.20. The first-order valence-corrected chi connectivity index (χ1v) is 11.4. The Kier molecular flexibility index (Phi) is 8.12. The van der Waals surface area contributed by atoms with E-state index in [1.165, 1.54) is 6.21 Å². The molecule has 0 amide bonds. The second kappa shape index (κ2) is 11.0. The second-order valence-electron chi connectivity index (χ2n) is 7.10. The molecule has 3 rings (SSSR count). The monoisotopic (exact) mass is 430 g/mol. The molecule has 1 aromatic heterocycles. The number of likely N-dealkylation sites (N-methyl/N-ethyl adjacent to an activating group) is 1. The molecule has 162 valence electrons. The molecule has 1 saturated heterocycles. The van der Waals surface area contributed by atoms with Gasteiger partial charge in [0.25, 0.3) is 0 Å². The van der Waals surface area contributed by atoms with Crippen molar-refractivity contribution in [1.29, 1.82) is 5.41 Å². The van der Waals surface area contributed by atoms with Crippen LogP contribution in [-0.2, 0) is 17.5 Å². The molecule has 9 nitrogen and oxygen atoms in total. The van der Waals surface area contributed by atoms with E-state index in [0.29, 0.717) is 42.0 Å². The van der Waals surface area contributed by atoms with Crippen LogP contribution in [0.4, 0.5) is 17.6 Å². The van der Waals surface area contributed by atoms with Crippen LogP contribution in [0.1, 0.15) is 11.1 Å². The van der Waals surface area contributed by atoms with Crippen molar-refractivity contribution in [1.82, 2.24) is 19.6 Å². The van der Waals surface area contributed by atoms with Crippen LogP contribution < -0.4 is 20.3 Å². The summed E-state index contributed by atoms with van der Waals surface area (Å²) in [5, 5.41) is 14.1. The first-order chi connectivity index (χ1) is 14.6. The molecule has 10 heteroatoms. The number of nitrogens with one attached hydrogen (secondary N) is 4. The average Bonchev–Trinajstić information content (AvgIpc) is 2.78. The van der Waals surface area contributed by atoms with Crippen LogP contribution in [0.15, 0.2) is 30.3 Å². The third-order valence-electron chi connectivity index (χ3n) is 4.96. The molecule has 4 N–H and O–H groups in total. The molecule has 0 saturated carbocycles. The van der Waals surface area contributed by atoms with Crippen LogP contribution in [0.2, 0.25) is 0 Å². The summed E-state index contributed by atoms with van der Waals surface area (Å²) in [6.45, 7) is 4.66. The van der Waals surface area contributed by atoms with Gasteiger partial charge < -0.3 is 25.8 Å². The van der Waals surface area contributed by atoms with Crippen molar-refractivity contribution in [2.75, 3.05) is 68.1 Å². The highest BCUT2D eigenvalue weighted by atomic mass is 32.2. The molecule has 1 aliphatic heterocycles. The van der Waals surface area contributed by atoms with Crippen molar-refractivity contribution < 1.29 is 4.21 Å². The quantitative estimate of drug-likeness (QED) is 0.419. The summed E-state index contributed by atoms with van der Waals surface area (Å²) in [4.78, 5) is 13.7. The standard InChI is InChI=1S/C20H30N8OS/c1-22-18-17(14-21)19(26-20(25-18)28-11-9-27(2)10-12-28)23-8-13-30(29)24-15-16-6-4-3-5-7-16/h3-7,14,21,24H,8-13,15H2,1-2H3,(H2,22,23,25,26). The maximum Gasteiger partial charge on any atom is 0.229 e. The van der Waals surface area contributed by atoms with Crippen LogP contribution in [0.25, 0.3) is 0 Å². The lowest BCUT2D eigenvalue weighted by Crippen LogP contribution is -2.45. The number of anilines is 3. The fourth-order valence-corrected chi connectivity index (χ4v) is 3.92. The van der Waals surface area contributed by atoms with Gasteiger partial charge in [-0.05, 0) is 12.6 Å². The summed E-state index contributed by atoms with van der Waals surface area (Å²) in [6.07, 6.45) is 1.24. The summed E-state index contributed by atoms with van der Waals surface area (Å²) in [5.41, 5.74) is 1.69. The van der Waals surface area contributed by atoms with E-state index in [1.54, 1.807) is 7.05 Å². The van der Waals surface area contributed by atoms with Gasteiger partial charge in [-0.25, -0.2) is 8.93 Å². The molecule has 0 aliphatic carbocycles. The van der Waals surface area contributed by atoms with E-state index in [9.17, 15) is 4.21 Å². The SMILES string of the molecule is CNc1nc(N2CCN(C)CC2)nc(NCCS(=O)NCc2ccccc2)c1C=N. The Labute approximate surface area is 180 Å². The highest BCUT2D eigenvalue weighted by Crippen LogP contribution is 2.23. The van der Waals surface area contributed by atoms with E-state index in [4.69, 9.17) is 5.41 Å². The van der Waals surface area contributed by atoms with Gasteiger partial charge in [0, 0.05) is 52.5 Å².